The Bertz CT molecular complexity index is 333. The number of nitrogens with zero attached hydrogens (tertiary/aromatic N) is 1. The fourth-order valence-corrected chi connectivity index (χ4v) is 2.08. The zero-order chi connectivity index (χ0) is 9.64. The van der Waals surface area contributed by atoms with Crippen molar-refractivity contribution < 1.29 is 5.11 Å². The minimum Gasteiger partial charge on any atom is -0.373 e. The molecule has 0 aromatic heterocycles. The second kappa shape index (κ2) is 2.48. The number of benzene rings is 1. The number of aliphatic hydroxyl groups is 1. The first-order valence-corrected chi connectivity index (χ1v) is 4.55. The summed E-state index contributed by atoms with van der Waals surface area (Å²) in [6.07, 6.45) is -0.412. The minimum absolute atomic E-state index is 0.161. The van der Waals surface area contributed by atoms with Crippen molar-refractivity contribution in [1.29, 1.82) is 0 Å². The summed E-state index contributed by atoms with van der Waals surface area (Å²) < 4.78 is 0. The van der Waals surface area contributed by atoms with Crippen molar-refractivity contribution in [3.05, 3.63) is 29.8 Å². The summed E-state index contributed by atoms with van der Waals surface area (Å²) in [6.45, 7) is 4.14. The van der Waals surface area contributed by atoms with Crippen LogP contribution in [0.15, 0.2) is 24.3 Å². The first-order valence-electron chi connectivity index (χ1n) is 4.55. The number of fused-ring (bicyclic) bond motifs is 1. The number of rotatable bonds is 0. The van der Waals surface area contributed by atoms with Crippen LogP contribution in [0.25, 0.3) is 0 Å². The molecule has 0 radical (unpaired) electrons. The molecule has 0 bridgehead atoms. The zero-order valence-corrected chi connectivity index (χ0v) is 8.28. The Kier molecular flexibility index (Phi) is 1.64. The van der Waals surface area contributed by atoms with Crippen LogP contribution < -0.4 is 4.90 Å². The summed E-state index contributed by atoms with van der Waals surface area (Å²) in [5.41, 5.74) is 2.20. The van der Waals surface area contributed by atoms with Crippen LogP contribution in [-0.2, 0) is 5.41 Å². The Morgan fingerprint density at radius 3 is 2.54 bits per heavy atom. The number of hydrogen-bond donors (Lipinski definition) is 1. The molecule has 0 spiro atoms. The zero-order valence-electron chi connectivity index (χ0n) is 8.28. The molecule has 0 saturated carbocycles. The van der Waals surface area contributed by atoms with Gasteiger partial charge in [-0.15, -0.1) is 0 Å². The topological polar surface area (TPSA) is 23.5 Å². The summed E-state index contributed by atoms with van der Waals surface area (Å²) in [4.78, 5) is 1.93. The summed E-state index contributed by atoms with van der Waals surface area (Å²) >= 11 is 0. The summed E-state index contributed by atoms with van der Waals surface area (Å²) in [7, 11) is 1.93. The predicted octanol–water partition coefficient (Wildman–Crippen LogP) is 1.73. The molecule has 1 aliphatic heterocycles. The quantitative estimate of drug-likeness (QED) is 0.652. The van der Waals surface area contributed by atoms with Gasteiger partial charge in [0.15, 0.2) is 0 Å². The van der Waals surface area contributed by atoms with Gasteiger partial charge in [0.1, 0.15) is 6.23 Å². The molecule has 0 saturated heterocycles. The molecular weight excluding hydrogens is 162 g/mol. The van der Waals surface area contributed by atoms with Gasteiger partial charge in [0.05, 0.1) is 0 Å². The third-order valence-corrected chi connectivity index (χ3v) is 2.99. The third-order valence-electron chi connectivity index (χ3n) is 2.99. The van der Waals surface area contributed by atoms with Crippen molar-refractivity contribution in [1.82, 2.24) is 0 Å². The number of aliphatic hydroxyl groups excluding tert-OH is 1. The van der Waals surface area contributed by atoms with Crippen LogP contribution in [0.5, 0.6) is 0 Å². The highest BCUT2D eigenvalue weighted by Gasteiger charge is 2.41. The molecule has 0 unspecified atom stereocenters. The molecule has 0 fully saturated rings. The highest BCUT2D eigenvalue weighted by atomic mass is 16.3. The second-order valence-electron chi connectivity index (χ2n) is 4.22. The van der Waals surface area contributed by atoms with Crippen molar-refractivity contribution >= 4 is 5.69 Å². The molecule has 13 heavy (non-hydrogen) atoms. The molecule has 70 valence electrons. The average Bonchev–Trinajstić information content (AvgIpc) is 2.30. The van der Waals surface area contributed by atoms with E-state index in [2.05, 4.69) is 19.9 Å². The maximum atomic E-state index is 9.97. The standard InChI is InChI=1S/C11H15NO/c1-11(2)8-6-4-5-7-9(8)12(3)10(11)13/h4-7,10,13H,1-3H3/t10-/m0/s1. The summed E-state index contributed by atoms with van der Waals surface area (Å²) in [5.74, 6) is 0. The summed E-state index contributed by atoms with van der Waals surface area (Å²) in [6, 6.07) is 8.16. The smallest absolute Gasteiger partial charge is 0.135 e. The molecule has 1 N–H and O–H groups in total. The van der Waals surface area contributed by atoms with Crippen molar-refractivity contribution in [2.24, 2.45) is 0 Å². The van der Waals surface area contributed by atoms with E-state index < -0.39 is 6.23 Å². The molecule has 1 aliphatic rings. The first-order chi connectivity index (χ1) is 6.05. The van der Waals surface area contributed by atoms with E-state index in [4.69, 9.17) is 0 Å². The van der Waals surface area contributed by atoms with Crippen LogP contribution in [0.1, 0.15) is 19.4 Å². The van der Waals surface area contributed by atoms with Gasteiger partial charge in [-0.05, 0) is 11.6 Å². The number of likely N-dealkylation sites (N-methyl/N-ethyl adjacent to an activating group) is 1. The van der Waals surface area contributed by atoms with Crippen molar-refractivity contribution in [3.63, 3.8) is 0 Å². The molecule has 1 atom stereocenters. The van der Waals surface area contributed by atoms with Crippen LogP contribution >= 0.6 is 0 Å². The fraction of sp³-hybridized carbons (Fsp3) is 0.455. The van der Waals surface area contributed by atoms with E-state index in [-0.39, 0.29) is 5.41 Å². The SMILES string of the molecule is CN1c2ccccc2C(C)(C)[C@@H]1O. The Hall–Kier alpha value is -1.02. The van der Waals surface area contributed by atoms with Gasteiger partial charge in [-0.2, -0.15) is 0 Å². The lowest BCUT2D eigenvalue weighted by Gasteiger charge is -2.26. The van der Waals surface area contributed by atoms with Gasteiger partial charge < -0.3 is 10.0 Å². The molecule has 2 rings (SSSR count). The molecule has 0 aliphatic carbocycles. The predicted molar refractivity (Wildman–Crippen MR) is 53.9 cm³/mol. The lowest BCUT2D eigenvalue weighted by atomic mass is 9.85. The second-order valence-corrected chi connectivity index (χ2v) is 4.22. The van der Waals surface area contributed by atoms with E-state index in [9.17, 15) is 5.11 Å². The highest BCUT2D eigenvalue weighted by Crippen LogP contribution is 2.42. The Morgan fingerprint density at radius 1 is 1.31 bits per heavy atom. The molecule has 2 nitrogen and oxygen atoms in total. The van der Waals surface area contributed by atoms with Gasteiger partial charge in [0.2, 0.25) is 0 Å². The van der Waals surface area contributed by atoms with E-state index in [0.717, 1.165) is 5.69 Å². The largest absolute Gasteiger partial charge is 0.373 e. The van der Waals surface area contributed by atoms with Crippen LogP contribution in [0.2, 0.25) is 0 Å². The van der Waals surface area contributed by atoms with Crippen LogP contribution in [0, 0.1) is 0 Å². The van der Waals surface area contributed by atoms with Crippen LogP contribution in [0.4, 0.5) is 5.69 Å². The van der Waals surface area contributed by atoms with E-state index >= 15 is 0 Å². The van der Waals surface area contributed by atoms with E-state index in [1.54, 1.807) is 0 Å². The lowest BCUT2D eigenvalue weighted by Crippen LogP contribution is -2.38. The van der Waals surface area contributed by atoms with Gasteiger partial charge in [0.25, 0.3) is 0 Å². The third kappa shape index (κ3) is 0.985. The van der Waals surface area contributed by atoms with Crippen LogP contribution in [0.3, 0.4) is 0 Å². The number of hydrogen-bond acceptors (Lipinski definition) is 2. The van der Waals surface area contributed by atoms with Gasteiger partial charge in [0, 0.05) is 18.2 Å². The monoisotopic (exact) mass is 177 g/mol. The van der Waals surface area contributed by atoms with Crippen molar-refractivity contribution in [2.75, 3.05) is 11.9 Å². The van der Waals surface area contributed by atoms with E-state index in [0.29, 0.717) is 0 Å². The average molecular weight is 177 g/mol. The number of anilines is 1. The van der Waals surface area contributed by atoms with Gasteiger partial charge in [-0.3, -0.25) is 0 Å². The molecule has 0 amide bonds. The van der Waals surface area contributed by atoms with Crippen molar-refractivity contribution in [3.8, 4) is 0 Å². The van der Waals surface area contributed by atoms with Crippen LogP contribution in [-0.4, -0.2) is 18.4 Å². The molecule has 2 heteroatoms. The van der Waals surface area contributed by atoms with Gasteiger partial charge in [-0.1, -0.05) is 32.0 Å². The molecule has 1 aromatic carbocycles. The molecule has 1 aromatic rings. The Morgan fingerprint density at radius 2 is 1.92 bits per heavy atom. The Balaban J connectivity index is 2.61. The number of para-hydroxylation sites is 1. The van der Waals surface area contributed by atoms with E-state index in [1.165, 1.54) is 5.56 Å². The van der Waals surface area contributed by atoms with Gasteiger partial charge >= 0.3 is 0 Å². The summed E-state index contributed by atoms with van der Waals surface area (Å²) in [5, 5.41) is 9.97. The van der Waals surface area contributed by atoms with E-state index in [1.807, 2.05) is 30.1 Å². The Labute approximate surface area is 78.8 Å². The van der Waals surface area contributed by atoms with Crippen molar-refractivity contribution in [2.45, 2.75) is 25.5 Å². The maximum absolute atomic E-state index is 9.97. The normalized spacial score (nSPS) is 24.6. The van der Waals surface area contributed by atoms with Gasteiger partial charge in [-0.25, -0.2) is 0 Å². The highest BCUT2D eigenvalue weighted by molar-refractivity contribution is 5.62. The first kappa shape index (κ1) is 8.57. The molecule has 1 heterocycles. The fourth-order valence-electron chi connectivity index (χ4n) is 2.08. The lowest BCUT2D eigenvalue weighted by molar-refractivity contribution is 0.114. The maximum Gasteiger partial charge on any atom is 0.135 e. The minimum atomic E-state index is -0.412. The molecular formula is C11H15NO.